The van der Waals surface area contributed by atoms with Crippen molar-refractivity contribution in [2.24, 2.45) is 0 Å². The maximum absolute atomic E-state index is 13.0. The molecule has 1 aromatic heterocycles. The number of amides is 1. The van der Waals surface area contributed by atoms with Crippen LogP contribution in [0.25, 0.3) is 11.1 Å². The molecule has 1 unspecified atom stereocenters. The number of pyridine rings is 1. The molecule has 0 spiro atoms. The van der Waals surface area contributed by atoms with E-state index in [1.54, 1.807) is 13.3 Å². The Morgan fingerprint density at radius 1 is 1.11 bits per heavy atom. The van der Waals surface area contributed by atoms with E-state index in [0.717, 1.165) is 36.4 Å². The van der Waals surface area contributed by atoms with Crippen LogP contribution in [0.15, 0.2) is 73.1 Å². The molecule has 27 heavy (non-hydrogen) atoms. The Morgan fingerprint density at radius 3 is 2.70 bits per heavy atom. The number of carbonyl (C=O) groups is 1. The van der Waals surface area contributed by atoms with Crippen molar-refractivity contribution in [2.75, 3.05) is 20.2 Å². The Hall–Kier alpha value is -3.14. The monoisotopic (exact) mass is 358 g/mol. The average Bonchev–Trinajstić information content (AvgIpc) is 3.24. The first-order valence-corrected chi connectivity index (χ1v) is 9.19. The number of ether oxygens (including phenoxy) is 1. The maximum atomic E-state index is 13.0. The molecule has 1 saturated heterocycles. The van der Waals surface area contributed by atoms with Gasteiger partial charge in [-0.25, -0.2) is 0 Å². The van der Waals surface area contributed by atoms with Crippen LogP contribution in [0.3, 0.4) is 0 Å². The highest BCUT2D eigenvalue weighted by Gasteiger charge is 2.28. The van der Waals surface area contributed by atoms with E-state index in [1.807, 2.05) is 65.7 Å². The van der Waals surface area contributed by atoms with E-state index in [0.29, 0.717) is 11.5 Å². The van der Waals surface area contributed by atoms with Gasteiger partial charge in [-0.2, -0.15) is 0 Å². The van der Waals surface area contributed by atoms with Gasteiger partial charge in [-0.05, 0) is 41.8 Å². The Labute approximate surface area is 159 Å². The van der Waals surface area contributed by atoms with E-state index in [-0.39, 0.29) is 5.91 Å². The lowest BCUT2D eigenvalue weighted by atomic mass is 10.0. The second kappa shape index (κ2) is 7.62. The predicted molar refractivity (Wildman–Crippen MR) is 106 cm³/mol. The molecule has 4 rings (SSSR count). The molecule has 2 heterocycles. The van der Waals surface area contributed by atoms with E-state index < -0.39 is 0 Å². The molecule has 4 nitrogen and oxygen atoms in total. The van der Waals surface area contributed by atoms with E-state index in [9.17, 15) is 4.79 Å². The van der Waals surface area contributed by atoms with Crippen LogP contribution in [0.4, 0.5) is 0 Å². The van der Waals surface area contributed by atoms with Crippen molar-refractivity contribution < 1.29 is 9.53 Å². The molecule has 4 heteroatoms. The number of nitrogens with zero attached hydrogens (tertiary/aromatic N) is 2. The van der Waals surface area contributed by atoms with Gasteiger partial charge < -0.3 is 9.64 Å². The standard InChI is InChI=1S/C23H22N2O2/c1-27-22-14-18(9-10-21(22)17-6-3-2-4-7-17)23(26)25-13-11-20(16-25)19-8-5-12-24-15-19/h2-10,12,14-15,20H,11,13,16H2,1H3. The average molecular weight is 358 g/mol. The summed E-state index contributed by atoms with van der Waals surface area (Å²) >= 11 is 0. The molecular formula is C23H22N2O2. The molecule has 0 bridgehead atoms. The summed E-state index contributed by atoms with van der Waals surface area (Å²) in [6.07, 6.45) is 4.65. The van der Waals surface area contributed by atoms with Crippen LogP contribution >= 0.6 is 0 Å². The maximum Gasteiger partial charge on any atom is 0.254 e. The number of methoxy groups -OCH3 is 1. The van der Waals surface area contributed by atoms with Crippen LogP contribution in [-0.2, 0) is 0 Å². The summed E-state index contributed by atoms with van der Waals surface area (Å²) in [5.41, 5.74) is 3.93. The SMILES string of the molecule is COc1cc(C(=O)N2CCC(c3cccnc3)C2)ccc1-c1ccccc1. The van der Waals surface area contributed by atoms with Gasteiger partial charge in [0.25, 0.3) is 5.91 Å². The molecule has 1 aliphatic heterocycles. The highest BCUT2D eigenvalue weighted by atomic mass is 16.5. The molecule has 1 fully saturated rings. The predicted octanol–water partition coefficient (Wildman–Crippen LogP) is 4.39. The largest absolute Gasteiger partial charge is 0.496 e. The first kappa shape index (κ1) is 17.3. The third kappa shape index (κ3) is 3.56. The molecule has 1 amide bonds. The van der Waals surface area contributed by atoms with Crippen molar-refractivity contribution in [1.82, 2.24) is 9.88 Å². The van der Waals surface area contributed by atoms with Gasteiger partial charge >= 0.3 is 0 Å². The second-order valence-electron chi connectivity index (χ2n) is 6.80. The minimum absolute atomic E-state index is 0.0549. The summed E-state index contributed by atoms with van der Waals surface area (Å²) in [6.45, 7) is 1.49. The van der Waals surface area contributed by atoms with Gasteiger partial charge in [0, 0.05) is 42.5 Å². The van der Waals surface area contributed by atoms with E-state index in [2.05, 4.69) is 11.1 Å². The van der Waals surface area contributed by atoms with E-state index in [1.165, 1.54) is 5.56 Å². The number of hydrogen-bond donors (Lipinski definition) is 0. The van der Waals surface area contributed by atoms with E-state index in [4.69, 9.17) is 4.74 Å². The third-order valence-electron chi connectivity index (χ3n) is 5.16. The minimum atomic E-state index is 0.0549. The van der Waals surface area contributed by atoms with Crippen LogP contribution in [0, 0.1) is 0 Å². The fraction of sp³-hybridized carbons (Fsp3) is 0.217. The Kier molecular flexibility index (Phi) is 4.88. The van der Waals surface area contributed by atoms with Gasteiger partial charge in [-0.1, -0.05) is 36.4 Å². The Balaban J connectivity index is 1.54. The van der Waals surface area contributed by atoms with Gasteiger partial charge in [0.05, 0.1) is 7.11 Å². The molecular weight excluding hydrogens is 336 g/mol. The van der Waals surface area contributed by atoms with Gasteiger partial charge in [0.1, 0.15) is 5.75 Å². The molecule has 0 aliphatic carbocycles. The zero-order valence-corrected chi connectivity index (χ0v) is 15.3. The summed E-state index contributed by atoms with van der Waals surface area (Å²) < 4.78 is 5.56. The molecule has 2 aromatic carbocycles. The molecule has 1 aliphatic rings. The number of hydrogen-bond acceptors (Lipinski definition) is 3. The molecule has 0 radical (unpaired) electrons. The Morgan fingerprint density at radius 2 is 1.96 bits per heavy atom. The summed E-state index contributed by atoms with van der Waals surface area (Å²) in [5, 5.41) is 0. The van der Waals surface area contributed by atoms with Crippen molar-refractivity contribution in [3.05, 3.63) is 84.2 Å². The summed E-state index contributed by atoms with van der Waals surface area (Å²) in [6, 6.07) is 19.8. The van der Waals surface area contributed by atoms with Crippen LogP contribution in [0.1, 0.15) is 28.3 Å². The van der Waals surface area contributed by atoms with Crippen molar-refractivity contribution >= 4 is 5.91 Å². The van der Waals surface area contributed by atoms with Crippen molar-refractivity contribution in [2.45, 2.75) is 12.3 Å². The number of likely N-dealkylation sites (tertiary alicyclic amines) is 1. The zero-order chi connectivity index (χ0) is 18.6. The highest BCUT2D eigenvalue weighted by Crippen LogP contribution is 2.32. The van der Waals surface area contributed by atoms with Gasteiger partial charge in [0.15, 0.2) is 0 Å². The number of benzene rings is 2. The van der Waals surface area contributed by atoms with Gasteiger partial charge in [-0.15, -0.1) is 0 Å². The summed E-state index contributed by atoms with van der Waals surface area (Å²) in [5.74, 6) is 1.13. The first-order chi connectivity index (χ1) is 13.3. The van der Waals surface area contributed by atoms with Crippen molar-refractivity contribution in [1.29, 1.82) is 0 Å². The lowest BCUT2D eigenvalue weighted by Crippen LogP contribution is -2.28. The van der Waals surface area contributed by atoms with Crippen LogP contribution < -0.4 is 4.74 Å². The van der Waals surface area contributed by atoms with Crippen LogP contribution in [-0.4, -0.2) is 36.0 Å². The van der Waals surface area contributed by atoms with Crippen molar-refractivity contribution in [3.8, 4) is 16.9 Å². The number of aromatic nitrogens is 1. The second-order valence-corrected chi connectivity index (χ2v) is 6.80. The topological polar surface area (TPSA) is 42.4 Å². The lowest BCUT2D eigenvalue weighted by molar-refractivity contribution is 0.0790. The third-order valence-corrected chi connectivity index (χ3v) is 5.16. The smallest absolute Gasteiger partial charge is 0.254 e. The van der Waals surface area contributed by atoms with Gasteiger partial charge in [-0.3, -0.25) is 9.78 Å². The quantitative estimate of drug-likeness (QED) is 0.695. The fourth-order valence-electron chi connectivity index (χ4n) is 3.70. The fourth-order valence-corrected chi connectivity index (χ4v) is 3.70. The molecule has 3 aromatic rings. The van der Waals surface area contributed by atoms with E-state index >= 15 is 0 Å². The number of rotatable bonds is 4. The Bertz CT molecular complexity index is 926. The number of carbonyl (C=O) groups excluding carboxylic acids is 1. The highest BCUT2D eigenvalue weighted by molar-refractivity contribution is 5.96. The van der Waals surface area contributed by atoms with Gasteiger partial charge in [0.2, 0.25) is 0 Å². The molecule has 0 N–H and O–H groups in total. The normalized spacial score (nSPS) is 16.3. The molecule has 1 atom stereocenters. The lowest BCUT2D eigenvalue weighted by Gasteiger charge is -2.18. The zero-order valence-electron chi connectivity index (χ0n) is 15.3. The van der Waals surface area contributed by atoms with Crippen LogP contribution in [0.5, 0.6) is 5.75 Å². The molecule has 136 valence electrons. The molecule has 0 saturated carbocycles. The minimum Gasteiger partial charge on any atom is -0.496 e. The van der Waals surface area contributed by atoms with Crippen LogP contribution in [0.2, 0.25) is 0 Å². The summed E-state index contributed by atoms with van der Waals surface area (Å²) in [7, 11) is 1.64. The first-order valence-electron chi connectivity index (χ1n) is 9.19. The van der Waals surface area contributed by atoms with Crippen molar-refractivity contribution in [3.63, 3.8) is 0 Å². The summed E-state index contributed by atoms with van der Waals surface area (Å²) in [4.78, 5) is 19.1.